The number of rotatable bonds is 3. The van der Waals surface area contributed by atoms with Gasteiger partial charge in [0.1, 0.15) is 23.2 Å². The predicted octanol–water partition coefficient (Wildman–Crippen LogP) is 3.75. The van der Waals surface area contributed by atoms with E-state index in [1.54, 1.807) is 19.1 Å². The standard InChI is InChI=1S/C24H26ClNO4/c1-3-4-15-11-17(25)21(20(12-15)30-2)22-18(27)13-24(14-19(22)28)7-9-26(10-8-24)23(29)16-5-6-16/h11-12,16,22H,5-10,13-14H2,1-2H3. The second kappa shape index (κ2) is 8.07. The number of benzene rings is 1. The van der Waals surface area contributed by atoms with Crippen molar-refractivity contribution in [1.29, 1.82) is 0 Å². The molecule has 30 heavy (non-hydrogen) atoms. The molecular formula is C24H26ClNO4. The number of nitrogens with zero attached hydrogens (tertiary/aromatic N) is 1. The van der Waals surface area contributed by atoms with Crippen molar-refractivity contribution in [2.45, 2.75) is 51.4 Å². The van der Waals surface area contributed by atoms with Crippen LogP contribution in [0.1, 0.15) is 62.5 Å². The second-order valence-electron chi connectivity index (χ2n) is 8.77. The molecule has 3 aliphatic rings. The van der Waals surface area contributed by atoms with Crippen molar-refractivity contribution in [3.63, 3.8) is 0 Å². The molecule has 1 heterocycles. The fourth-order valence-electron chi connectivity index (χ4n) is 4.91. The van der Waals surface area contributed by atoms with Gasteiger partial charge in [-0.1, -0.05) is 17.5 Å². The molecule has 0 aromatic heterocycles. The summed E-state index contributed by atoms with van der Waals surface area (Å²) < 4.78 is 5.47. The largest absolute Gasteiger partial charge is 0.496 e. The molecule has 0 N–H and O–H groups in total. The molecule has 0 unspecified atom stereocenters. The van der Waals surface area contributed by atoms with Crippen molar-refractivity contribution >= 4 is 29.1 Å². The molecule has 1 spiro atoms. The molecule has 158 valence electrons. The van der Waals surface area contributed by atoms with Crippen LogP contribution in [0.5, 0.6) is 5.75 Å². The van der Waals surface area contributed by atoms with Crippen LogP contribution in [0.15, 0.2) is 12.1 Å². The Labute approximate surface area is 182 Å². The molecule has 2 aliphatic carbocycles. The van der Waals surface area contributed by atoms with Crippen molar-refractivity contribution in [2.75, 3.05) is 20.2 Å². The maximum absolute atomic E-state index is 13.2. The van der Waals surface area contributed by atoms with Crippen LogP contribution < -0.4 is 4.74 Å². The number of halogens is 1. The average Bonchev–Trinajstić information content (AvgIpc) is 3.54. The molecule has 2 saturated carbocycles. The average molecular weight is 428 g/mol. The van der Waals surface area contributed by atoms with Crippen LogP contribution >= 0.6 is 11.6 Å². The van der Waals surface area contributed by atoms with Gasteiger partial charge in [0.15, 0.2) is 0 Å². The van der Waals surface area contributed by atoms with Crippen LogP contribution in [0.25, 0.3) is 0 Å². The first-order valence-corrected chi connectivity index (χ1v) is 10.9. The molecule has 0 bridgehead atoms. The minimum Gasteiger partial charge on any atom is -0.496 e. The van der Waals surface area contributed by atoms with E-state index in [1.165, 1.54) is 7.11 Å². The van der Waals surface area contributed by atoms with Crippen LogP contribution in [0.4, 0.5) is 0 Å². The minimum absolute atomic E-state index is 0.109. The molecule has 1 aliphatic heterocycles. The van der Waals surface area contributed by atoms with Gasteiger partial charge in [-0.2, -0.15) is 0 Å². The van der Waals surface area contributed by atoms with E-state index in [1.807, 2.05) is 4.90 Å². The third kappa shape index (κ3) is 3.86. The molecule has 0 atom stereocenters. The Bertz CT molecular complexity index is 941. The number of hydrogen-bond acceptors (Lipinski definition) is 4. The summed E-state index contributed by atoms with van der Waals surface area (Å²) in [6.07, 6.45) is 4.06. The highest BCUT2D eigenvalue weighted by molar-refractivity contribution is 6.32. The molecule has 1 aromatic rings. The number of carbonyl (C=O) groups excluding carboxylic acids is 3. The summed E-state index contributed by atoms with van der Waals surface area (Å²) in [5, 5.41) is 0.333. The first kappa shape index (κ1) is 20.9. The third-order valence-electron chi connectivity index (χ3n) is 6.67. The van der Waals surface area contributed by atoms with E-state index >= 15 is 0 Å². The van der Waals surface area contributed by atoms with Crippen molar-refractivity contribution in [3.8, 4) is 17.6 Å². The SMILES string of the molecule is CC#Cc1cc(Cl)c(C2C(=O)CC3(CCN(C(=O)C4CC4)CC3)CC2=O)c(OC)c1. The highest BCUT2D eigenvalue weighted by atomic mass is 35.5. The summed E-state index contributed by atoms with van der Waals surface area (Å²) in [4.78, 5) is 40.6. The summed E-state index contributed by atoms with van der Waals surface area (Å²) in [5.41, 5.74) is 0.799. The monoisotopic (exact) mass is 427 g/mol. The lowest BCUT2D eigenvalue weighted by atomic mass is 9.63. The van der Waals surface area contributed by atoms with Crippen molar-refractivity contribution in [3.05, 3.63) is 28.3 Å². The third-order valence-corrected chi connectivity index (χ3v) is 6.99. The molecule has 1 saturated heterocycles. The predicted molar refractivity (Wildman–Crippen MR) is 114 cm³/mol. The lowest BCUT2D eigenvalue weighted by molar-refractivity contribution is -0.140. The first-order chi connectivity index (χ1) is 14.4. The smallest absolute Gasteiger partial charge is 0.225 e. The number of amides is 1. The lowest BCUT2D eigenvalue weighted by Gasteiger charge is -2.44. The fraction of sp³-hybridized carbons (Fsp3) is 0.542. The van der Waals surface area contributed by atoms with Crippen LogP contribution in [0, 0.1) is 23.2 Å². The highest BCUT2D eigenvalue weighted by Crippen LogP contribution is 2.48. The van der Waals surface area contributed by atoms with Gasteiger partial charge in [0, 0.05) is 48.0 Å². The topological polar surface area (TPSA) is 63.7 Å². The molecule has 5 nitrogen and oxygen atoms in total. The van der Waals surface area contributed by atoms with Gasteiger partial charge in [-0.3, -0.25) is 14.4 Å². The quantitative estimate of drug-likeness (QED) is 0.544. The van der Waals surface area contributed by atoms with Crippen LogP contribution in [-0.4, -0.2) is 42.6 Å². The molecular weight excluding hydrogens is 402 g/mol. The first-order valence-electron chi connectivity index (χ1n) is 10.5. The summed E-state index contributed by atoms with van der Waals surface area (Å²) >= 11 is 6.48. The van der Waals surface area contributed by atoms with Crippen molar-refractivity contribution < 1.29 is 19.1 Å². The Hall–Kier alpha value is -2.32. The Morgan fingerprint density at radius 3 is 2.33 bits per heavy atom. The van der Waals surface area contributed by atoms with E-state index in [4.69, 9.17) is 16.3 Å². The van der Waals surface area contributed by atoms with Crippen molar-refractivity contribution in [2.24, 2.45) is 11.3 Å². The van der Waals surface area contributed by atoms with Gasteiger partial charge in [-0.25, -0.2) is 0 Å². The Balaban J connectivity index is 1.54. The zero-order chi connectivity index (χ0) is 21.5. The second-order valence-corrected chi connectivity index (χ2v) is 9.17. The molecule has 4 rings (SSSR count). The molecule has 0 radical (unpaired) electrons. The number of Topliss-reactive ketones (excluding diaryl/α,β-unsaturated/α-hetero) is 2. The van der Waals surface area contributed by atoms with Gasteiger partial charge < -0.3 is 9.64 Å². The van der Waals surface area contributed by atoms with Gasteiger partial charge >= 0.3 is 0 Å². The fourth-order valence-corrected chi connectivity index (χ4v) is 5.23. The van der Waals surface area contributed by atoms with Gasteiger partial charge in [-0.05, 0) is 50.2 Å². The van der Waals surface area contributed by atoms with Gasteiger partial charge in [0.05, 0.1) is 7.11 Å². The van der Waals surface area contributed by atoms with Gasteiger partial charge in [0.25, 0.3) is 0 Å². The Kier molecular flexibility index (Phi) is 5.63. The summed E-state index contributed by atoms with van der Waals surface area (Å²) in [5.74, 6) is 5.50. The van der Waals surface area contributed by atoms with Crippen LogP contribution in [0.2, 0.25) is 5.02 Å². The van der Waals surface area contributed by atoms with Gasteiger partial charge in [0.2, 0.25) is 5.91 Å². The molecule has 3 fully saturated rings. The highest BCUT2D eigenvalue weighted by Gasteiger charge is 2.49. The Morgan fingerprint density at radius 2 is 1.80 bits per heavy atom. The van der Waals surface area contributed by atoms with Crippen LogP contribution in [0.3, 0.4) is 0 Å². The number of hydrogen-bond donors (Lipinski definition) is 0. The number of piperidine rings is 1. The molecule has 6 heteroatoms. The van der Waals surface area contributed by atoms with E-state index in [9.17, 15) is 14.4 Å². The summed E-state index contributed by atoms with van der Waals surface area (Å²) in [6, 6.07) is 3.41. The zero-order valence-electron chi connectivity index (χ0n) is 17.4. The summed E-state index contributed by atoms with van der Waals surface area (Å²) in [6.45, 7) is 3.00. The number of likely N-dealkylation sites (tertiary alicyclic amines) is 1. The number of ketones is 2. The number of methoxy groups -OCH3 is 1. The normalized spacial score (nSPS) is 21.4. The maximum atomic E-state index is 13.2. The Morgan fingerprint density at radius 1 is 1.17 bits per heavy atom. The molecule has 1 amide bonds. The van der Waals surface area contributed by atoms with Crippen LogP contribution in [-0.2, 0) is 14.4 Å². The van der Waals surface area contributed by atoms with Crippen molar-refractivity contribution in [1.82, 2.24) is 4.90 Å². The van der Waals surface area contributed by atoms with E-state index in [-0.39, 0.29) is 28.8 Å². The van der Waals surface area contributed by atoms with Gasteiger partial charge in [-0.15, -0.1) is 5.92 Å². The molecule has 1 aromatic carbocycles. The van der Waals surface area contributed by atoms with E-state index in [2.05, 4.69) is 11.8 Å². The number of ether oxygens (including phenoxy) is 1. The summed E-state index contributed by atoms with van der Waals surface area (Å²) in [7, 11) is 1.50. The number of carbonyl (C=O) groups is 3. The lowest BCUT2D eigenvalue weighted by Crippen LogP contribution is -2.48. The zero-order valence-corrected chi connectivity index (χ0v) is 18.2. The minimum atomic E-state index is -0.896. The van der Waals surface area contributed by atoms with E-state index in [0.29, 0.717) is 60.7 Å². The maximum Gasteiger partial charge on any atom is 0.225 e. The van der Waals surface area contributed by atoms with E-state index < -0.39 is 5.92 Å². The van der Waals surface area contributed by atoms with E-state index in [0.717, 1.165) is 12.8 Å².